The van der Waals surface area contributed by atoms with Crippen LogP contribution in [0.25, 0.3) is 0 Å². The second kappa shape index (κ2) is 7.10. The lowest BCUT2D eigenvalue weighted by Crippen LogP contribution is -2.34. The summed E-state index contributed by atoms with van der Waals surface area (Å²) in [7, 11) is 0. The molecule has 0 atom stereocenters. The van der Waals surface area contributed by atoms with Gasteiger partial charge in [0.2, 0.25) is 5.91 Å². The van der Waals surface area contributed by atoms with Gasteiger partial charge in [-0.05, 0) is 50.6 Å². The number of amides is 1. The Labute approximate surface area is 120 Å². The lowest BCUT2D eigenvalue weighted by molar-refractivity contribution is -0.120. The van der Waals surface area contributed by atoms with Gasteiger partial charge in [-0.1, -0.05) is 18.7 Å². The fraction of sp³-hybridized carbons (Fsp3) is 0.438. The fourth-order valence-electron chi connectivity index (χ4n) is 2.22. The highest BCUT2D eigenvalue weighted by atomic mass is 16.5. The van der Waals surface area contributed by atoms with Crippen molar-refractivity contribution in [2.24, 2.45) is 5.92 Å². The third kappa shape index (κ3) is 4.10. The molecule has 0 unspecified atom stereocenters. The standard InChI is InChI=1S/C16H22N2O2/c1-12(2)11-20-15-6-4-3-5-14(15)18-16(19)13-7-9-17-10-8-13/h3-6,13,17H,1,7-11H2,2H3,(H,18,19). The van der Waals surface area contributed by atoms with E-state index in [2.05, 4.69) is 17.2 Å². The molecule has 1 fully saturated rings. The van der Waals surface area contributed by atoms with Crippen LogP contribution >= 0.6 is 0 Å². The van der Waals surface area contributed by atoms with Gasteiger partial charge in [0.15, 0.2) is 0 Å². The largest absolute Gasteiger partial charge is 0.487 e. The molecular formula is C16H22N2O2. The van der Waals surface area contributed by atoms with Crippen LogP contribution < -0.4 is 15.4 Å². The predicted molar refractivity (Wildman–Crippen MR) is 81.0 cm³/mol. The summed E-state index contributed by atoms with van der Waals surface area (Å²) in [6.07, 6.45) is 1.78. The van der Waals surface area contributed by atoms with Crippen molar-refractivity contribution in [3.8, 4) is 5.75 Å². The maximum absolute atomic E-state index is 12.2. The first kappa shape index (κ1) is 14.6. The maximum Gasteiger partial charge on any atom is 0.227 e. The van der Waals surface area contributed by atoms with Gasteiger partial charge in [-0.15, -0.1) is 0 Å². The van der Waals surface area contributed by atoms with Crippen molar-refractivity contribution < 1.29 is 9.53 Å². The van der Waals surface area contributed by atoms with E-state index < -0.39 is 0 Å². The summed E-state index contributed by atoms with van der Waals surface area (Å²) >= 11 is 0. The Hall–Kier alpha value is -1.81. The number of benzene rings is 1. The zero-order valence-corrected chi connectivity index (χ0v) is 11.9. The lowest BCUT2D eigenvalue weighted by atomic mass is 9.97. The fourth-order valence-corrected chi connectivity index (χ4v) is 2.22. The Morgan fingerprint density at radius 2 is 2.10 bits per heavy atom. The first-order valence-corrected chi connectivity index (χ1v) is 7.04. The summed E-state index contributed by atoms with van der Waals surface area (Å²) in [6, 6.07) is 7.52. The number of para-hydroxylation sites is 2. The zero-order chi connectivity index (χ0) is 14.4. The molecule has 0 saturated carbocycles. The van der Waals surface area contributed by atoms with E-state index in [0.29, 0.717) is 12.4 Å². The van der Waals surface area contributed by atoms with Crippen LogP contribution in [0.5, 0.6) is 5.75 Å². The van der Waals surface area contributed by atoms with Crippen LogP contribution in [0, 0.1) is 5.92 Å². The van der Waals surface area contributed by atoms with Gasteiger partial charge in [-0.3, -0.25) is 4.79 Å². The van der Waals surface area contributed by atoms with Gasteiger partial charge < -0.3 is 15.4 Å². The number of hydrogen-bond acceptors (Lipinski definition) is 3. The third-order valence-corrected chi connectivity index (χ3v) is 3.33. The number of ether oxygens (including phenoxy) is 1. The van der Waals surface area contributed by atoms with Gasteiger partial charge in [0.1, 0.15) is 12.4 Å². The van der Waals surface area contributed by atoms with E-state index in [1.807, 2.05) is 31.2 Å². The molecule has 1 heterocycles. The summed E-state index contributed by atoms with van der Waals surface area (Å²) in [6.45, 7) is 8.00. The quantitative estimate of drug-likeness (QED) is 0.811. The van der Waals surface area contributed by atoms with Gasteiger partial charge in [-0.25, -0.2) is 0 Å². The van der Waals surface area contributed by atoms with Crippen molar-refractivity contribution >= 4 is 11.6 Å². The van der Waals surface area contributed by atoms with Crippen molar-refractivity contribution in [3.63, 3.8) is 0 Å². The number of carbonyl (C=O) groups excluding carboxylic acids is 1. The number of rotatable bonds is 5. The monoisotopic (exact) mass is 274 g/mol. The SMILES string of the molecule is C=C(C)COc1ccccc1NC(=O)C1CCNCC1. The van der Waals surface area contributed by atoms with Gasteiger partial charge in [0, 0.05) is 5.92 Å². The summed E-state index contributed by atoms with van der Waals surface area (Å²) in [5.74, 6) is 0.862. The molecule has 0 radical (unpaired) electrons. The van der Waals surface area contributed by atoms with Crippen LogP contribution in [0.3, 0.4) is 0 Å². The molecule has 108 valence electrons. The molecular weight excluding hydrogens is 252 g/mol. The molecule has 0 bridgehead atoms. The average molecular weight is 274 g/mol. The maximum atomic E-state index is 12.2. The molecule has 2 rings (SSSR count). The molecule has 1 amide bonds. The normalized spacial score (nSPS) is 15.7. The van der Waals surface area contributed by atoms with Gasteiger partial charge in [0.05, 0.1) is 5.69 Å². The predicted octanol–water partition coefficient (Wildman–Crippen LogP) is 2.58. The molecule has 2 N–H and O–H groups in total. The molecule has 1 aromatic carbocycles. The highest BCUT2D eigenvalue weighted by molar-refractivity contribution is 5.94. The van der Waals surface area contributed by atoms with Crippen LogP contribution in [-0.2, 0) is 4.79 Å². The number of carbonyl (C=O) groups is 1. The Balaban J connectivity index is 2.00. The zero-order valence-electron chi connectivity index (χ0n) is 11.9. The molecule has 0 aromatic heterocycles. The highest BCUT2D eigenvalue weighted by Gasteiger charge is 2.21. The Morgan fingerprint density at radius 1 is 1.40 bits per heavy atom. The number of hydrogen-bond donors (Lipinski definition) is 2. The molecule has 20 heavy (non-hydrogen) atoms. The number of anilines is 1. The summed E-state index contributed by atoms with van der Waals surface area (Å²) in [4.78, 5) is 12.2. The summed E-state index contributed by atoms with van der Waals surface area (Å²) in [5.41, 5.74) is 1.68. The Morgan fingerprint density at radius 3 is 2.80 bits per heavy atom. The second-order valence-electron chi connectivity index (χ2n) is 5.26. The number of piperidine rings is 1. The van der Waals surface area contributed by atoms with Crippen LogP contribution in [0.2, 0.25) is 0 Å². The first-order chi connectivity index (χ1) is 9.66. The van der Waals surface area contributed by atoms with Gasteiger partial charge in [-0.2, -0.15) is 0 Å². The summed E-state index contributed by atoms with van der Waals surface area (Å²) in [5, 5.41) is 6.25. The number of nitrogens with one attached hydrogen (secondary N) is 2. The first-order valence-electron chi connectivity index (χ1n) is 7.04. The van der Waals surface area contributed by atoms with Crippen LogP contribution in [0.1, 0.15) is 19.8 Å². The van der Waals surface area contributed by atoms with E-state index in [-0.39, 0.29) is 11.8 Å². The van der Waals surface area contributed by atoms with Gasteiger partial charge >= 0.3 is 0 Å². The lowest BCUT2D eigenvalue weighted by Gasteiger charge is -2.22. The third-order valence-electron chi connectivity index (χ3n) is 3.33. The van der Waals surface area contributed by atoms with Gasteiger partial charge in [0.25, 0.3) is 0 Å². The van der Waals surface area contributed by atoms with E-state index in [1.54, 1.807) is 0 Å². The molecule has 4 nitrogen and oxygen atoms in total. The van der Waals surface area contributed by atoms with Crippen molar-refractivity contribution in [1.29, 1.82) is 0 Å². The Bertz CT molecular complexity index is 479. The van der Waals surface area contributed by atoms with E-state index in [4.69, 9.17) is 4.74 Å². The average Bonchev–Trinajstić information content (AvgIpc) is 2.47. The van der Waals surface area contributed by atoms with Crippen molar-refractivity contribution in [3.05, 3.63) is 36.4 Å². The van der Waals surface area contributed by atoms with E-state index in [0.717, 1.165) is 37.2 Å². The van der Waals surface area contributed by atoms with Crippen molar-refractivity contribution in [2.45, 2.75) is 19.8 Å². The van der Waals surface area contributed by atoms with Crippen molar-refractivity contribution in [2.75, 3.05) is 25.0 Å². The van der Waals surface area contributed by atoms with Crippen LogP contribution in [-0.4, -0.2) is 25.6 Å². The smallest absolute Gasteiger partial charge is 0.227 e. The summed E-state index contributed by atoms with van der Waals surface area (Å²) < 4.78 is 5.66. The molecule has 1 saturated heterocycles. The highest BCUT2D eigenvalue weighted by Crippen LogP contribution is 2.25. The molecule has 4 heteroatoms. The molecule has 1 aliphatic rings. The molecule has 0 aliphatic carbocycles. The molecule has 1 aromatic rings. The minimum absolute atomic E-state index is 0.0814. The van der Waals surface area contributed by atoms with E-state index >= 15 is 0 Å². The van der Waals surface area contributed by atoms with E-state index in [9.17, 15) is 4.79 Å². The molecule has 1 aliphatic heterocycles. The second-order valence-corrected chi connectivity index (χ2v) is 5.26. The Kier molecular flexibility index (Phi) is 5.18. The topological polar surface area (TPSA) is 50.4 Å². The van der Waals surface area contributed by atoms with Crippen LogP contribution in [0.15, 0.2) is 36.4 Å². The minimum Gasteiger partial charge on any atom is -0.487 e. The van der Waals surface area contributed by atoms with E-state index in [1.165, 1.54) is 0 Å². The van der Waals surface area contributed by atoms with Crippen molar-refractivity contribution in [1.82, 2.24) is 5.32 Å². The van der Waals surface area contributed by atoms with Crippen LogP contribution in [0.4, 0.5) is 5.69 Å². The minimum atomic E-state index is 0.0814. The molecule has 0 spiro atoms.